The fourth-order valence-electron chi connectivity index (χ4n) is 2.43. The third-order valence-electron chi connectivity index (χ3n) is 3.81. The van der Waals surface area contributed by atoms with E-state index in [0.29, 0.717) is 17.9 Å². The van der Waals surface area contributed by atoms with Crippen LogP contribution in [0.2, 0.25) is 0 Å². The summed E-state index contributed by atoms with van der Waals surface area (Å²) in [6.45, 7) is 8.57. The fourth-order valence-corrected chi connectivity index (χ4v) is 3.54. The molecule has 0 spiro atoms. The number of fused-ring (bicyclic) bond motifs is 3. The van der Waals surface area contributed by atoms with Gasteiger partial charge >= 0.3 is 0 Å². The van der Waals surface area contributed by atoms with E-state index >= 15 is 0 Å². The third-order valence-corrected chi connectivity index (χ3v) is 4.90. The Balaban J connectivity index is 2.05. The summed E-state index contributed by atoms with van der Waals surface area (Å²) in [6, 6.07) is 0. The van der Waals surface area contributed by atoms with Crippen molar-refractivity contribution < 1.29 is 4.74 Å². The summed E-state index contributed by atoms with van der Waals surface area (Å²) in [6.07, 6.45) is 1.58. The molecule has 1 aliphatic heterocycles. The quantitative estimate of drug-likeness (QED) is 0.673. The number of aromatic amines is 1. The molecule has 2 aromatic rings. The van der Waals surface area contributed by atoms with E-state index in [1.165, 1.54) is 11.3 Å². The van der Waals surface area contributed by atoms with E-state index in [4.69, 9.17) is 4.74 Å². The number of anilines is 1. The van der Waals surface area contributed by atoms with Crippen molar-refractivity contribution in [2.24, 2.45) is 5.10 Å². The van der Waals surface area contributed by atoms with Crippen LogP contribution in [-0.2, 0) is 17.8 Å². The molecule has 3 rings (SSSR count). The lowest BCUT2D eigenvalue weighted by atomic mass is 9.94. The molecule has 22 heavy (non-hydrogen) atoms. The second kappa shape index (κ2) is 5.48. The summed E-state index contributed by atoms with van der Waals surface area (Å²) in [5, 5.41) is 4.87. The molecule has 0 radical (unpaired) electrons. The number of rotatable bonds is 3. The third kappa shape index (κ3) is 2.78. The topological polar surface area (TPSA) is 79.4 Å². The van der Waals surface area contributed by atoms with Crippen LogP contribution >= 0.6 is 11.3 Å². The molecule has 6 nitrogen and oxygen atoms in total. The maximum absolute atomic E-state index is 12.4. The Kier molecular flexibility index (Phi) is 3.78. The number of hydrogen-bond acceptors (Lipinski definition) is 6. The van der Waals surface area contributed by atoms with Gasteiger partial charge in [-0.25, -0.2) is 10.4 Å². The molecule has 0 amide bonds. The van der Waals surface area contributed by atoms with E-state index in [-0.39, 0.29) is 11.2 Å². The second-order valence-corrected chi connectivity index (χ2v) is 7.22. The molecule has 2 N–H and O–H groups in total. The van der Waals surface area contributed by atoms with Crippen LogP contribution < -0.4 is 11.0 Å². The van der Waals surface area contributed by atoms with Crippen LogP contribution in [0.4, 0.5) is 5.95 Å². The van der Waals surface area contributed by atoms with Crippen LogP contribution in [0.3, 0.4) is 0 Å². The van der Waals surface area contributed by atoms with Gasteiger partial charge in [0, 0.05) is 17.0 Å². The van der Waals surface area contributed by atoms with E-state index < -0.39 is 0 Å². The maximum atomic E-state index is 12.4. The predicted octanol–water partition coefficient (Wildman–Crippen LogP) is 3.03. The molecule has 0 bridgehead atoms. The molecule has 0 saturated carbocycles. The molecule has 1 aliphatic rings. The molecule has 2 aromatic heterocycles. The minimum absolute atomic E-state index is 0.118. The van der Waals surface area contributed by atoms with Gasteiger partial charge in [0.05, 0.1) is 17.6 Å². The van der Waals surface area contributed by atoms with Crippen LogP contribution in [0, 0.1) is 0 Å². The first-order chi connectivity index (χ1) is 10.4. The first-order valence-corrected chi connectivity index (χ1v) is 8.19. The lowest BCUT2D eigenvalue weighted by Gasteiger charge is -2.29. The van der Waals surface area contributed by atoms with E-state index in [0.717, 1.165) is 33.8 Å². The largest absolute Gasteiger partial charge is 0.370 e. The van der Waals surface area contributed by atoms with Gasteiger partial charge in [0.25, 0.3) is 5.56 Å². The Labute approximate surface area is 132 Å². The molecular weight excluding hydrogens is 300 g/mol. The Morgan fingerprint density at radius 2 is 2.32 bits per heavy atom. The van der Waals surface area contributed by atoms with Crippen molar-refractivity contribution in [3.8, 4) is 0 Å². The highest BCUT2D eigenvalue weighted by Crippen LogP contribution is 2.36. The highest BCUT2D eigenvalue weighted by Gasteiger charge is 2.30. The Hall–Kier alpha value is -1.73. The van der Waals surface area contributed by atoms with Crippen LogP contribution in [0.25, 0.3) is 10.2 Å². The van der Waals surface area contributed by atoms with Gasteiger partial charge in [-0.15, -0.1) is 11.3 Å². The molecule has 0 saturated heterocycles. The van der Waals surface area contributed by atoms with Crippen molar-refractivity contribution in [1.82, 2.24) is 9.97 Å². The molecule has 7 heteroatoms. The Morgan fingerprint density at radius 1 is 1.55 bits per heavy atom. The summed E-state index contributed by atoms with van der Waals surface area (Å²) in [5.74, 6) is 0.379. The summed E-state index contributed by atoms with van der Waals surface area (Å²) in [5.41, 5.74) is 4.48. The number of hydrazone groups is 1. The number of aromatic nitrogens is 2. The van der Waals surface area contributed by atoms with Gasteiger partial charge in [-0.05, 0) is 32.8 Å². The van der Waals surface area contributed by atoms with Crippen LogP contribution in [0.1, 0.15) is 44.6 Å². The standard InChI is InChI=1S/C15H20N4O2S/c1-5-8(2)18-19-14-16-12(20)11-9-6-15(3,4)21-7-10(9)22-13(11)17-14/h5-7H2,1-4H3,(H2,16,17,19,20)/b18-8+. The van der Waals surface area contributed by atoms with Crippen LogP contribution in [0.5, 0.6) is 0 Å². The average Bonchev–Trinajstić information content (AvgIpc) is 2.81. The molecule has 0 aromatic carbocycles. The van der Waals surface area contributed by atoms with Gasteiger partial charge < -0.3 is 4.74 Å². The van der Waals surface area contributed by atoms with E-state index in [9.17, 15) is 4.79 Å². The molecular formula is C15H20N4O2S. The molecule has 0 atom stereocenters. The van der Waals surface area contributed by atoms with Crippen molar-refractivity contribution >= 4 is 33.2 Å². The minimum Gasteiger partial charge on any atom is -0.370 e. The number of nitrogens with zero attached hydrogens (tertiary/aromatic N) is 2. The van der Waals surface area contributed by atoms with Gasteiger partial charge in [0.1, 0.15) is 4.83 Å². The van der Waals surface area contributed by atoms with Gasteiger partial charge in [0.15, 0.2) is 0 Å². The molecule has 3 heterocycles. The first-order valence-electron chi connectivity index (χ1n) is 7.37. The summed E-state index contributed by atoms with van der Waals surface area (Å²) in [4.78, 5) is 21.5. The number of thiophene rings is 1. The SMILES string of the molecule is CC/C(C)=N/Nc1nc2sc3c(c2c(=O)[nH]1)CC(C)(C)OC3. The smallest absolute Gasteiger partial charge is 0.261 e. The molecule has 0 aliphatic carbocycles. The van der Waals surface area contributed by atoms with Gasteiger partial charge in [0.2, 0.25) is 5.95 Å². The lowest BCUT2D eigenvalue weighted by Crippen LogP contribution is -2.31. The summed E-state index contributed by atoms with van der Waals surface area (Å²) >= 11 is 1.52. The van der Waals surface area contributed by atoms with Gasteiger partial charge in [-0.2, -0.15) is 5.10 Å². The zero-order chi connectivity index (χ0) is 15.9. The van der Waals surface area contributed by atoms with Crippen molar-refractivity contribution in [2.45, 2.75) is 52.7 Å². The van der Waals surface area contributed by atoms with Crippen LogP contribution in [0.15, 0.2) is 9.90 Å². The Bertz CT molecular complexity index is 804. The van der Waals surface area contributed by atoms with Gasteiger partial charge in [-0.3, -0.25) is 9.78 Å². The van der Waals surface area contributed by atoms with Crippen LogP contribution in [-0.4, -0.2) is 21.3 Å². The zero-order valence-corrected chi connectivity index (χ0v) is 14.1. The van der Waals surface area contributed by atoms with Crippen molar-refractivity contribution in [1.29, 1.82) is 0 Å². The van der Waals surface area contributed by atoms with E-state index in [1.807, 2.05) is 27.7 Å². The van der Waals surface area contributed by atoms with Crippen molar-refractivity contribution in [3.05, 3.63) is 20.8 Å². The second-order valence-electron chi connectivity index (χ2n) is 6.14. The number of nitrogens with one attached hydrogen (secondary N) is 2. The highest BCUT2D eigenvalue weighted by atomic mass is 32.1. The average molecular weight is 320 g/mol. The summed E-state index contributed by atoms with van der Waals surface area (Å²) < 4.78 is 5.82. The fraction of sp³-hybridized carbons (Fsp3) is 0.533. The van der Waals surface area contributed by atoms with Gasteiger partial charge in [-0.1, -0.05) is 6.92 Å². The number of hydrogen-bond donors (Lipinski definition) is 2. The zero-order valence-electron chi connectivity index (χ0n) is 13.2. The minimum atomic E-state index is -0.243. The summed E-state index contributed by atoms with van der Waals surface area (Å²) in [7, 11) is 0. The number of H-pyrrole nitrogens is 1. The van der Waals surface area contributed by atoms with E-state index in [2.05, 4.69) is 20.5 Å². The van der Waals surface area contributed by atoms with E-state index in [1.54, 1.807) is 0 Å². The predicted molar refractivity (Wildman–Crippen MR) is 89.8 cm³/mol. The normalized spacial score (nSPS) is 17.5. The number of ether oxygens (including phenoxy) is 1. The first kappa shape index (κ1) is 15.2. The lowest BCUT2D eigenvalue weighted by molar-refractivity contribution is -0.0379. The van der Waals surface area contributed by atoms with Crippen molar-refractivity contribution in [2.75, 3.05) is 5.43 Å². The monoisotopic (exact) mass is 320 g/mol. The molecule has 118 valence electrons. The Morgan fingerprint density at radius 3 is 3.05 bits per heavy atom. The maximum Gasteiger partial charge on any atom is 0.261 e. The highest BCUT2D eigenvalue weighted by molar-refractivity contribution is 7.18. The van der Waals surface area contributed by atoms with Crippen molar-refractivity contribution in [3.63, 3.8) is 0 Å². The molecule has 0 fully saturated rings. The molecule has 0 unspecified atom stereocenters.